The molecule has 1 fully saturated rings. The van der Waals surface area contributed by atoms with Crippen LogP contribution < -0.4 is 0 Å². The van der Waals surface area contributed by atoms with E-state index >= 15 is 0 Å². The molecule has 1 saturated carbocycles. The van der Waals surface area contributed by atoms with Gasteiger partial charge in [0.05, 0.1) is 18.0 Å². The molecule has 1 aromatic carbocycles. The fraction of sp³-hybridized carbons (Fsp3) is 0.385. The van der Waals surface area contributed by atoms with E-state index in [4.69, 9.17) is 4.74 Å². The molecule has 0 bridgehead atoms. The topological polar surface area (TPSA) is 55.0 Å². The van der Waals surface area contributed by atoms with E-state index in [-0.39, 0.29) is 17.8 Å². The number of aromatic amines is 1. The summed E-state index contributed by atoms with van der Waals surface area (Å²) in [5.74, 6) is 0.177. The molecule has 2 atom stereocenters. The van der Waals surface area contributed by atoms with Gasteiger partial charge in [0.25, 0.3) is 0 Å². The molecule has 0 amide bonds. The highest BCUT2D eigenvalue weighted by Crippen LogP contribution is 2.49. The number of ether oxygens (including phenoxy) is 1. The maximum absolute atomic E-state index is 11.6. The number of nitrogens with zero attached hydrogens (tertiary/aromatic N) is 1. The summed E-state index contributed by atoms with van der Waals surface area (Å²) in [7, 11) is 0. The van der Waals surface area contributed by atoms with Gasteiger partial charge in [0.2, 0.25) is 0 Å². The lowest BCUT2D eigenvalue weighted by Gasteiger charge is -1.99. The highest BCUT2D eigenvalue weighted by molar-refractivity contribution is 5.85. The summed E-state index contributed by atoms with van der Waals surface area (Å²) < 4.78 is 5.03. The molecular formula is C13H14N2O2. The number of aromatic nitrogens is 2. The summed E-state index contributed by atoms with van der Waals surface area (Å²) >= 11 is 0. The zero-order chi connectivity index (χ0) is 11.8. The number of benzene rings is 1. The maximum Gasteiger partial charge on any atom is 0.309 e. The van der Waals surface area contributed by atoms with E-state index in [1.165, 1.54) is 0 Å². The van der Waals surface area contributed by atoms with Crippen molar-refractivity contribution in [3.05, 3.63) is 30.0 Å². The Morgan fingerprint density at radius 2 is 2.35 bits per heavy atom. The third-order valence-electron chi connectivity index (χ3n) is 3.24. The number of hydrogen-bond donors (Lipinski definition) is 1. The fourth-order valence-electron chi connectivity index (χ4n) is 2.29. The van der Waals surface area contributed by atoms with Gasteiger partial charge in [-0.1, -0.05) is 18.2 Å². The van der Waals surface area contributed by atoms with E-state index in [2.05, 4.69) is 10.2 Å². The first-order valence-electron chi connectivity index (χ1n) is 5.91. The van der Waals surface area contributed by atoms with Crippen LogP contribution in [0.4, 0.5) is 0 Å². The van der Waals surface area contributed by atoms with Gasteiger partial charge in [0, 0.05) is 17.0 Å². The van der Waals surface area contributed by atoms with Gasteiger partial charge in [-0.05, 0) is 19.4 Å². The van der Waals surface area contributed by atoms with Crippen molar-refractivity contribution in [2.75, 3.05) is 6.61 Å². The van der Waals surface area contributed by atoms with Crippen LogP contribution in [0.1, 0.15) is 25.0 Å². The Morgan fingerprint density at radius 1 is 1.53 bits per heavy atom. The largest absolute Gasteiger partial charge is 0.466 e. The summed E-state index contributed by atoms with van der Waals surface area (Å²) in [5, 5.41) is 8.40. The standard InChI is InChI=1S/C13H14N2O2/c1-2-17-13(16)10-7-9(10)12-8-5-3-4-6-11(8)14-15-12/h3-6,9-10H,2,7H2,1H3,(H,14,15). The van der Waals surface area contributed by atoms with E-state index in [1.54, 1.807) is 0 Å². The number of nitrogens with one attached hydrogen (secondary N) is 1. The van der Waals surface area contributed by atoms with Crippen LogP contribution in [0.15, 0.2) is 24.3 Å². The number of esters is 1. The molecule has 0 aliphatic heterocycles. The molecule has 4 nitrogen and oxygen atoms in total. The van der Waals surface area contributed by atoms with E-state index in [9.17, 15) is 4.79 Å². The Hall–Kier alpha value is -1.84. The van der Waals surface area contributed by atoms with Gasteiger partial charge >= 0.3 is 5.97 Å². The molecule has 1 aliphatic carbocycles. The summed E-state index contributed by atoms with van der Waals surface area (Å²) in [6.45, 7) is 2.28. The molecule has 2 unspecified atom stereocenters. The number of H-pyrrole nitrogens is 1. The van der Waals surface area contributed by atoms with Crippen molar-refractivity contribution in [3.8, 4) is 0 Å². The summed E-state index contributed by atoms with van der Waals surface area (Å²) in [6, 6.07) is 7.96. The molecular weight excluding hydrogens is 216 g/mol. The van der Waals surface area contributed by atoms with Crippen LogP contribution in [0.5, 0.6) is 0 Å². The highest BCUT2D eigenvalue weighted by Gasteiger charge is 2.46. The second-order valence-corrected chi connectivity index (χ2v) is 4.36. The monoisotopic (exact) mass is 230 g/mol. The average Bonchev–Trinajstić information content (AvgIpc) is 3.02. The fourth-order valence-corrected chi connectivity index (χ4v) is 2.29. The minimum atomic E-state index is -0.0869. The maximum atomic E-state index is 11.6. The number of hydrogen-bond acceptors (Lipinski definition) is 3. The first-order valence-corrected chi connectivity index (χ1v) is 5.91. The number of rotatable bonds is 3. The van der Waals surface area contributed by atoms with Crippen molar-refractivity contribution in [3.63, 3.8) is 0 Å². The van der Waals surface area contributed by atoms with Gasteiger partial charge in [0.1, 0.15) is 0 Å². The van der Waals surface area contributed by atoms with Gasteiger partial charge in [-0.3, -0.25) is 9.89 Å². The predicted octanol–water partition coefficient (Wildman–Crippen LogP) is 2.23. The van der Waals surface area contributed by atoms with Crippen molar-refractivity contribution in [2.45, 2.75) is 19.3 Å². The molecule has 0 spiro atoms. The van der Waals surface area contributed by atoms with Gasteiger partial charge in [-0.2, -0.15) is 5.10 Å². The molecule has 3 rings (SSSR count). The first-order chi connectivity index (χ1) is 8.31. The van der Waals surface area contributed by atoms with Crippen LogP contribution in [0.2, 0.25) is 0 Å². The molecule has 1 heterocycles. The Bertz CT molecular complexity index is 561. The smallest absolute Gasteiger partial charge is 0.309 e. The second-order valence-electron chi connectivity index (χ2n) is 4.36. The van der Waals surface area contributed by atoms with Crippen LogP contribution in [-0.4, -0.2) is 22.8 Å². The molecule has 2 aromatic rings. The van der Waals surface area contributed by atoms with Gasteiger partial charge in [0.15, 0.2) is 0 Å². The van der Waals surface area contributed by atoms with Crippen molar-refractivity contribution < 1.29 is 9.53 Å². The summed E-state index contributed by atoms with van der Waals surface area (Å²) in [4.78, 5) is 11.6. The van der Waals surface area contributed by atoms with E-state index in [0.29, 0.717) is 6.61 Å². The van der Waals surface area contributed by atoms with Crippen LogP contribution in [-0.2, 0) is 9.53 Å². The Labute approximate surface area is 99.0 Å². The zero-order valence-electron chi connectivity index (χ0n) is 9.64. The minimum Gasteiger partial charge on any atom is -0.466 e. The van der Waals surface area contributed by atoms with Crippen molar-refractivity contribution in [1.82, 2.24) is 10.2 Å². The van der Waals surface area contributed by atoms with Crippen molar-refractivity contribution in [1.29, 1.82) is 0 Å². The van der Waals surface area contributed by atoms with Crippen LogP contribution in [0.3, 0.4) is 0 Å². The van der Waals surface area contributed by atoms with Gasteiger partial charge in [-0.15, -0.1) is 0 Å². The minimum absolute atomic E-state index is 0.0128. The number of carbonyl (C=O) groups is 1. The Balaban J connectivity index is 1.85. The molecule has 1 aromatic heterocycles. The molecule has 0 saturated heterocycles. The van der Waals surface area contributed by atoms with Crippen LogP contribution >= 0.6 is 0 Å². The molecule has 0 radical (unpaired) electrons. The third kappa shape index (κ3) is 1.69. The quantitative estimate of drug-likeness (QED) is 0.822. The Morgan fingerprint density at radius 3 is 3.18 bits per heavy atom. The first kappa shape index (κ1) is 10.3. The SMILES string of the molecule is CCOC(=O)C1CC1c1[nH]nc2ccccc12. The molecule has 1 N–H and O–H groups in total. The number of para-hydroxylation sites is 1. The number of carbonyl (C=O) groups excluding carboxylic acids is 1. The van der Waals surface area contributed by atoms with Crippen LogP contribution in [0, 0.1) is 5.92 Å². The third-order valence-corrected chi connectivity index (χ3v) is 3.24. The molecule has 1 aliphatic rings. The van der Waals surface area contributed by atoms with E-state index < -0.39 is 0 Å². The lowest BCUT2D eigenvalue weighted by molar-refractivity contribution is -0.144. The predicted molar refractivity (Wildman–Crippen MR) is 63.6 cm³/mol. The lowest BCUT2D eigenvalue weighted by Crippen LogP contribution is -2.07. The normalized spacial score (nSPS) is 22.6. The number of fused-ring (bicyclic) bond motifs is 1. The molecule has 88 valence electrons. The summed E-state index contributed by atoms with van der Waals surface area (Å²) in [6.07, 6.45) is 0.866. The average molecular weight is 230 g/mol. The zero-order valence-corrected chi connectivity index (χ0v) is 9.64. The lowest BCUT2D eigenvalue weighted by atomic mass is 10.1. The molecule has 4 heteroatoms. The van der Waals surface area contributed by atoms with Gasteiger partial charge < -0.3 is 4.74 Å². The van der Waals surface area contributed by atoms with Crippen LogP contribution in [0.25, 0.3) is 10.9 Å². The van der Waals surface area contributed by atoms with Crippen molar-refractivity contribution in [2.24, 2.45) is 5.92 Å². The van der Waals surface area contributed by atoms with E-state index in [0.717, 1.165) is 23.0 Å². The summed E-state index contributed by atoms with van der Waals surface area (Å²) in [5.41, 5.74) is 2.02. The second kappa shape index (κ2) is 3.87. The van der Waals surface area contributed by atoms with Gasteiger partial charge in [-0.25, -0.2) is 0 Å². The molecule has 17 heavy (non-hydrogen) atoms. The highest BCUT2D eigenvalue weighted by atomic mass is 16.5. The Kier molecular flexibility index (Phi) is 2.35. The van der Waals surface area contributed by atoms with Crippen molar-refractivity contribution >= 4 is 16.9 Å². The van der Waals surface area contributed by atoms with E-state index in [1.807, 2.05) is 31.2 Å².